The minimum Gasteiger partial charge on any atom is -0.355 e. The number of amides is 1. The van der Waals surface area contributed by atoms with Crippen molar-refractivity contribution < 1.29 is 4.79 Å². The van der Waals surface area contributed by atoms with E-state index in [2.05, 4.69) is 44.0 Å². The summed E-state index contributed by atoms with van der Waals surface area (Å²) in [5, 5.41) is 11.7. The Kier molecular flexibility index (Phi) is 3.93. The highest BCUT2D eigenvalue weighted by molar-refractivity contribution is 5.82. The van der Waals surface area contributed by atoms with Crippen molar-refractivity contribution in [1.29, 1.82) is 5.26 Å². The summed E-state index contributed by atoms with van der Waals surface area (Å²) in [6.45, 7) is 9.09. The van der Waals surface area contributed by atoms with Gasteiger partial charge in [-0.05, 0) is 34.1 Å². The van der Waals surface area contributed by atoms with Crippen molar-refractivity contribution in [3.8, 4) is 6.07 Å². The zero-order valence-corrected chi connectivity index (χ0v) is 10.6. The third-order valence-corrected chi connectivity index (χ3v) is 3.03. The molecule has 0 radical (unpaired) electrons. The normalized spacial score (nSPS) is 28.1. The molecule has 1 aliphatic rings. The first-order valence-corrected chi connectivity index (χ1v) is 5.81. The van der Waals surface area contributed by atoms with E-state index in [1.54, 1.807) is 0 Å². The average molecular weight is 223 g/mol. The van der Waals surface area contributed by atoms with Crippen LogP contribution in [0, 0.1) is 11.3 Å². The molecule has 1 fully saturated rings. The summed E-state index contributed by atoms with van der Waals surface area (Å²) in [4.78, 5) is 14.1. The molecule has 4 heteroatoms. The monoisotopic (exact) mass is 223 g/mol. The van der Waals surface area contributed by atoms with Gasteiger partial charge in [0.1, 0.15) is 6.04 Å². The van der Waals surface area contributed by atoms with Gasteiger partial charge in [-0.25, -0.2) is 0 Å². The lowest BCUT2D eigenvalue weighted by Gasteiger charge is -2.42. The molecule has 2 unspecified atom stereocenters. The van der Waals surface area contributed by atoms with Crippen LogP contribution in [0.2, 0.25) is 0 Å². The van der Waals surface area contributed by atoms with Gasteiger partial charge in [-0.1, -0.05) is 0 Å². The third kappa shape index (κ3) is 2.73. The molecule has 1 amide bonds. The molecule has 2 atom stereocenters. The van der Waals surface area contributed by atoms with Crippen molar-refractivity contribution in [2.24, 2.45) is 0 Å². The highest BCUT2D eigenvalue weighted by Crippen LogP contribution is 2.25. The van der Waals surface area contributed by atoms with E-state index in [0.29, 0.717) is 12.6 Å². The zero-order chi connectivity index (χ0) is 12.3. The molecule has 1 rings (SSSR count). The molecule has 1 heterocycles. The van der Waals surface area contributed by atoms with Gasteiger partial charge in [-0.3, -0.25) is 9.69 Å². The molecule has 0 spiro atoms. The Balaban J connectivity index is 3.02. The van der Waals surface area contributed by atoms with E-state index in [0.717, 1.165) is 6.42 Å². The van der Waals surface area contributed by atoms with Crippen LogP contribution < -0.4 is 5.32 Å². The van der Waals surface area contributed by atoms with E-state index in [4.69, 9.17) is 5.26 Å². The van der Waals surface area contributed by atoms with Crippen molar-refractivity contribution in [1.82, 2.24) is 10.2 Å². The topological polar surface area (TPSA) is 56.1 Å². The second-order valence-corrected chi connectivity index (χ2v) is 5.38. The number of hydrogen-bond donors (Lipinski definition) is 1. The van der Waals surface area contributed by atoms with E-state index in [-0.39, 0.29) is 23.9 Å². The summed E-state index contributed by atoms with van der Waals surface area (Å²) < 4.78 is 0. The number of carbonyl (C=O) groups is 1. The molecule has 1 N–H and O–H groups in total. The van der Waals surface area contributed by atoms with Crippen molar-refractivity contribution in [2.45, 2.75) is 58.2 Å². The van der Waals surface area contributed by atoms with Gasteiger partial charge in [0, 0.05) is 18.1 Å². The molecule has 0 aromatic rings. The first kappa shape index (κ1) is 13.0. The van der Waals surface area contributed by atoms with Gasteiger partial charge >= 0.3 is 0 Å². The van der Waals surface area contributed by atoms with Crippen molar-refractivity contribution in [2.75, 3.05) is 6.54 Å². The molecular weight excluding hydrogens is 202 g/mol. The largest absolute Gasteiger partial charge is 0.355 e. The molecule has 4 nitrogen and oxygen atoms in total. The predicted octanol–water partition coefficient (Wildman–Crippen LogP) is 1.28. The maximum absolute atomic E-state index is 11.9. The Morgan fingerprint density at radius 1 is 1.56 bits per heavy atom. The lowest BCUT2D eigenvalue weighted by atomic mass is 9.97. The molecule has 1 aliphatic heterocycles. The number of nitriles is 1. The fourth-order valence-electron chi connectivity index (χ4n) is 2.50. The van der Waals surface area contributed by atoms with Gasteiger partial charge in [-0.2, -0.15) is 5.26 Å². The molecule has 1 saturated heterocycles. The van der Waals surface area contributed by atoms with Crippen molar-refractivity contribution >= 4 is 5.91 Å². The predicted molar refractivity (Wildman–Crippen MR) is 62.7 cm³/mol. The highest BCUT2D eigenvalue weighted by atomic mass is 16.2. The first-order valence-electron chi connectivity index (χ1n) is 5.81. The van der Waals surface area contributed by atoms with Crippen LogP contribution in [0.5, 0.6) is 0 Å². The summed E-state index contributed by atoms with van der Waals surface area (Å²) in [6.07, 6.45) is 1.19. The first-order chi connectivity index (χ1) is 7.38. The Bertz CT molecular complexity index is 300. The van der Waals surface area contributed by atoms with Gasteiger partial charge in [-0.15, -0.1) is 0 Å². The number of hydrogen-bond acceptors (Lipinski definition) is 3. The molecule has 0 aliphatic carbocycles. The molecule has 0 bridgehead atoms. The molecule has 0 saturated carbocycles. The van der Waals surface area contributed by atoms with Crippen LogP contribution in [0.25, 0.3) is 0 Å². The number of nitrogens with one attached hydrogen (secondary N) is 1. The van der Waals surface area contributed by atoms with Crippen LogP contribution in [0.3, 0.4) is 0 Å². The van der Waals surface area contributed by atoms with Crippen molar-refractivity contribution in [3.05, 3.63) is 0 Å². The maximum atomic E-state index is 11.9. The third-order valence-electron chi connectivity index (χ3n) is 3.03. The maximum Gasteiger partial charge on any atom is 0.238 e. The second-order valence-electron chi connectivity index (χ2n) is 5.38. The summed E-state index contributed by atoms with van der Waals surface area (Å²) >= 11 is 0. The summed E-state index contributed by atoms with van der Waals surface area (Å²) in [6, 6.07) is 2.12. The lowest BCUT2D eigenvalue weighted by molar-refractivity contribution is -0.128. The fraction of sp³-hybridized carbons (Fsp3) is 0.833. The summed E-state index contributed by atoms with van der Waals surface area (Å²) in [7, 11) is 0. The van der Waals surface area contributed by atoms with E-state index in [1.807, 2.05) is 0 Å². The molecular formula is C12H21N3O. The number of rotatable bonds is 1. The molecule has 0 aromatic heterocycles. The Morgan fingerprint density at radius 2 is 2.19 bits per heavy atom. The quantitative estimate of drug-likeness (QED) is 0.728. The lowest BCUT2D eigenvalue weighted by Crippen LogP contribution is -2.55. The van der Waals surface area contributed by atoms with Gasteiger partial charge < -0.3 is 5.32 Å². The molecule has 0 aromatic carbocycles. The zero-order valence-electron chi connectivity index (χ0n) is 10.6. The van der Waals surface area contributed by atoms with Gasteiger partial charge in [0.2, 0.25) is 5.91 Å². The SMILES string of the molecule is CC1CCNC(=O)C(CC#N)N1C(C)(C)C. The molecule has 90 valence electrons. The smallest absolute Gasteiger partial charge is 0.238 e. The Labute approximate surface area is 97.6 Å². The van der Waals surface area contributed by atoms with Gasteiger partial charge in [0.25, 0.3) is 0 Å². The van der Waals surface area contributed by atoms with E-state index < -0.39 is 0 Å². The minimum atomic E-state index is -0.317. The van der Waals surface area contributed by atoms with Crippen LogP contribution in [0.4, 0.5) is 0 Å². The highest BCUT2D eigenvalue weighted by Gasteiger charge is 2.38. The summed E-state index contributed by atoms with van der Waals surface area (Å²) in [5.41, 5.74) is -0.0946. The minimum absolute atomic E-state index is 0.0131. The van der Waals surface area contributed by atoms with Crippen LogP contribution in [0.15, 0.2) is 0 Å². The average Bonchev–Trinajstić information content (AvgIpc) is 2.26. The van der Waals surface area contributed by atoms with E-state index in [9.17, 15) is 4.79 Å². The van der Waals surface area contributed by atoms with Gasteiger partial charge in [0.05, 0.1) is 12.5 Å². The Hall–Kier alpha value is -1.08. The van der Waals surface area contributed by atoms with Crippen LogP contribution in [-0.4, -0.2) is 35.0 Å². The van der Waals surface area contributed by atoms with Crippen molar-refractivity contribution in [3.63, 3.8) is 0 Å². The van der Waals surface area contributed by atoms with E-state index in [1.165, 1.54) is 0 Å². The van der Waals surface area contributed by atoms with Crippen LogP contribution >= 0.6 is 0 Å². The van der Waals surface area contributed by atoms with Gasteiger partial charge in [0.15, 0.2) is 0 Å². The van der Waals surface area contributed by atoms with Crippen LogP contribution in [-0.2, 0) is 4.79 Å². The standard InChI is InChI=1S/C12H21N3O/c1-9-6-8-14-11(16)10(5-7-13)15(9)12(2,3)4/h9-10H,5-6,8H2,1-4H3,(H,14,16). The Morgan fingerprint density at radius 3 is 2.69 bits per heavy atom. The second kappa shape index (κ2) is 4.84. The number of nitrogens with zero attached hydrogens (tertiary/aromatic N) is 2. The number of carbonyl (C=O) groups excluding carboxylic acids is 1. The van der Waals surface area contributed by atoms with E-state index >= 15 is 0 Å². The summed E-state index contributed by atoms with van der Waals surface area (Å²) in [5.74, 6) is -0.0131. The fourth-order valence-corrected chi connectivity index (χ4v) is 2.50. The van der Waals surface area contributed by atoms with Crippen LogP contribution in [0.1, 0.15) is 40.5 Å². The molecule has 16 heavy (non-hydrogen) atoms.